The van der Waals surface area contributed by atoms with Crippen LogP contribution in [0, 0.1) is 0 Å². The molecule has 0 saturated heterocycles. The summed E-state index contributed by atoms with van der Waals surface area (Å²) in [5.74, 6) is 0.0354. The Morgan fingerprint density at radius 2 is 1.48 bits per heavy atom. The van der Waals surface area contributed by atoms with Crippen LogP contribution in [-0.2, 0) is 10.8 Å². The molecule has 2 N–H and O–H groups in total. The zero-order valence-corrected chi connectivity index (χ0v) is 19.1. The van der Waals surface area contributed by atoms with Gasteiger partial charge in [-0.15, -0.1) is 0 Å². The average molecular weight is 418 g/mol. The molecule has 5 nitrogen and oxygen atoms in total. The molecule has 5 heteroatoms. The number of amides is 1. The highest BCUT2D eigenvalue weighted by Gasteiger charge is 2.26. The molecule has 0 atom stereocenters. The van der Waals surface area contributed by atoms with Gasteiger partial charge >= 0.3 is 0 Å². The smallest absolute Gasteiger partial charge is 0.273 e. The average Bonchev–Trinajstić information content (AvgIpc) is 3.22. The summed E-state index contributed by atoms with van der Waals surface area (Å²) in [5.41, 5.74) is 6.03. The summed E-state index contributed by atoms with van der Waals surface area (Å²) >= 11 is 0. The minimum atomic E-state index is -0.286. The van der Waals surface area contributed by atoms with Gasteiger partial charge in [-0.05, 0) is 52.8 Å². The Kier molecular flexibility index (Phi) is 6.07. The number of aromatic hydroxyl groups is 1. The summed E-state index contributed by atoms with van der Waals surface area (Å²) in [7, 11) is 0. The lowest BCUT2D eigenvalue weighted by Gasteiger charge is -2.27. The van der Waals surface area contributed by atoms with Gasteiger partial charge in [0.2, 0.25) is 0 Å². The van der Waals surface area contributed by atoms with Crippen LogP contribution in [0.4, 0.5) is 0 Å². The number of nitrogens with zero attached hydrogens (tertiary/aromatic N) is 2. The fraction of sp³-hybridized carbons (Fsp3) is 0.308. The van der Waals surface area contributed by atoms with Gasteiger partial charge in [-0.25, -0.2) is 5.43 Å². The first-order valence-corrected chi connectivity index (χ1v) is 10.4. The lowest BCUT2D eigenvalue weighted by molar-refractivity contribution is 0.0955. The number of hydrazone groups is 1. The Labute approximate surface area is 184 Å². The van der Waals surface area contributed by atoms with Gasteiger partial charge in [-0.2, -0.15) is 5.10 Å². The Bertz CT molecular complexity index is 1060. The number of nitrogens with one attached hydrogen (secondary N) is 1. The van der Waals surface area contributed by atoms with Crippen LogP contribution in [0.1, 0.15) is 68.6 Å². The standard InChI is InChI=1S/C26H31N3O2/c1-25(2,3)20-15-18(16-21(23(20)30)26(4,5)6)17-27-28-24(31)19-11-7-8-12-22(19)29-13-9-10-14-29/h7-17,30H,1-6H3,(H,28,31). The summed E-state index contributed by atoms with van der Waals surface area (Å²) in [4.78, 5) is 12.8. The van der Waals surface area contributed by atoms with E-state index >= 15 is 0 Å². The maximum absolute atomic E-state index is 12.8. The molecule has 0 saturated carbocycles. The monoisotopic (exact) mass is 417 g/mol. The van der Waals surface area contributed by atoms with Crippen LogP contribution in [0.3, 0.4) is 0 Å². The van der Waals surface area contributed by atoms with Crippen molar-refractivity contribution in [2.24, 2.45) is 5.10 Å². The second-order valence-electron chi connectivity index (χ2n) is 9.77. The summed E-state index contributed by atoms with van der Waals surface area (Å²) in [6, 6.07) is 15.1. The van der Waals surface area contributed by atoms with E-state index < -0.39 is 0 Å². The molecule has 1 aromatic heterocycles. The summed E-state index contributed by atoms with van der Waals surface area (Å²) in [6.45, 7) is 12.4. The second-order valence-corrected chi connectivity index (χ2v) is 9.77. The van der Waals surface area contributed by atoms with E-state index in [0.29, 0.717) is 11.3 Å². The van der Waals surface area contributed by atoms with Crippen LogP contribution in [-0.4, -0.2) is 21.8 Å². The lowest BCUT2D eigenvalue weighted by atomic mass is 9.78. The van der Waals surface area contributed by atoms with E-state index in [1.165, 1.54) is 0 Å². The van der Waals surface area contributed by atoms with E-state index in [-0.39, 0.29) is 16.7 Å². The number of hydrogen-bond donors (Lipinski definition) is 2. The van der Waals surface area contributed by atoms with Crippen LogP contribution >= 0.6 is 0 Å². The number of hydrogen-bond acceptors (Lipinski definition) is 3. The lowest BCUT2D eigenvalue weighted by Crippen LogP contribution is -2.20. The molecule has 3 aromatic rings. The Morgan fingerprint density at radius 3 is 2.03 bits per heavy atom. The highest BCUT2D eigenvalue weighted by atomic mass is 16.3. The molecule has 0 spiro atoms. The third kappa shape index (κ3) is 5.05. The quantitative estimate of drug-likeness (QED) is 0.432. The van der Waals surface area contributed by atoms with Crippen molar-refractivity contribution in [3.8, 4) is 11.4 Å². The molecule has 0 aliphatic carbocycles. The molecule has 0 radical (unpaired) electrons. The number of para-hydroxylation sites is 1. The molecule has 31 heavy (non-hydrogen) atoms. The number of aromatic nitrogens is 1. The van der Waals surface area contributed by atoms with Crippen molar-refractivity contribution < 1.29 is 9.90 Å². The Hall–Kier alpha value is -3.34. The molecule has 3 rings (SSSR count). The summed E-state index contributed by atoms with van der Waals surface area (Å²) in [5, 5.41) is 15.1. The summed E-state index contributed by atoms with van der Waals surface area (Å²) in [6.07, 6.45) is 5.42. The number of rotatable bonds is 4. The van der Waals surface area contributed by atoms with Crippen molar-refractivity contribution in [2.45, 2.75) is 52.4 Å². The maximum atomic E-state index is 12.8. The van der Waals surface area contributed by atoms with Gasteiger partial charge in [0.15, 0.2) is 0 Å². The third-order valence-corrected chi connectivity index (χ3v) is 5.16. The van der Waals surface area contributed by atoms with E-state index in [0.717, 1.165) is 22.4 Å². The van der Waals surface area contributed by atoms with Crippen molar-refractivity contribution in [3.63, 3.8) is 0 Å². The number of carbonyl (C=O) groups is 1. The normalized spacial score (nSPS) is 12.3. The van der Waals surface area contributed by atoms with Crippen molar-refractivity contribution in [3.05, 3.63) is 83.2 Å². The molecule has 0 fully saturated rings. The summed E-state index contributed by atoms with van der Waals surface area (Å²) < 4.78 is 1.89. The first kappa shape index (κ1) is 22.3. The SMILES string of the molecule is CC(C)(C)c1cc(C=NNC(=O)c2ccccc2-n2cccc2)cc(C(C)(C)C)c1O. The van der Waals surface area contributed by atoms with Crippen LogP contribution in [0.5, 0.6) is 5.75 Å². The molecule has 0 aliphatic heterocycles. The van der Waals surface area contributed by atoms with E-state index in [2.05, 4.69) is 52.1 Å². The number of phenolic OH excluding ortho intramolecular Hbond substituents is 1. The van der Waals surface area contributed by atoms with Gasteiger partial charge < -0.3 is 9.67 Å². The molecule has 2 aromatic carbocycles. The van der Waals surface area contributed by atoms with Gasteiger partial charge in [-0.1, -0.05) is 53.7 Å². The minimum absolute atomic E-state index is 0.229. The molecule has 0 bridgehead atoms. The Balaban J connectivity index is 1.89. The Morgan fingerprint density at radius 1 is 0.935 bits per heavy atom. The van der Waals surface area contributed by atoms with Gasteiger partial charge in [0, 0.05) is 23.5 Å². The van der Waals surface area contributed by atoms with E-state index in [4.69, 9.17) is 0 Å². The van der Waals surface area contributed by atoms with Crippen molar-refractivity contribution in [2.75, 3.05) is 0 Å². The fourth-order valence-electron chi connectivity index (χ4n) is 3.49. The van der Waals surface area contributed by atoms with E-state index in [1.54, 1.807) is 12.3 Å². The van der Waals surface area contributed by atoms with Gasteiger partial charge in [0.1, 0.15) is 5.75 Å². The first-order valence-electron chi connectivity index (χ1n) is 10.4. The highest BCUT2D eigenvalue weighted by Crippen LogP contribution is 2.39. The highest BCUT2D eigenvalue weighted by molar-refractivity contribution is 5.98. The molecular formula is C26H31N3O2. The second kappa shape index (κ2) is 8.42. The van der Waals surface area contributed by atoms with Crippen LogP contribution in [0.25, 0.3) is 5.69 Å². The molecule has 0 unspecified atom stereocenters. The number of benzene rings is 2. The van der Waals surface area contributed by atoms with Crippen molar-refractivity contribution >= 4 is 12.1 Å². The van der Waals surface area contributed by atoms with Gasteiger partial charge in [0.25, 0.3) is 5.91 Å². The largest absolute Gasteiger partial charge is 0.507 e. The van der Waals surface area contributed by atoms with Crippen LogP contribution < -0.4 is 5.43 Å². The van der Waals surface area contributed by atoms with Gasteiger partial charge in [0.05, 0.1) is 17.5 Å². The predicted octanol–water partition coefficient (Wildman–Crippen LogP) is 5.54. The minimum Gasteiger partial charge on any atom is -0.507 e. The zero-order valence-electron chi connectivity index (χ0n) is 19.1. The van der Waals surface area contributed by atoms with Crippen molar-refractivity contribution in [1.82, 2.24) is 9.99 Å². The molecule has 1 amide bonds. The third-order valence-electron chi connectivity index (χ3n) is 5.16. The first-order chi connectivity index (χ1) is 14.5. The fourth-order valence-corrected chi connectivity index (χ4v) is 3.49. The molecule has 0 aliphatic rings. The van der Waals surface area contributed by atoms with E-state index in [1.807, 2.05) is 59.4 Å². The predicted molar refractivity (Wildman–Crippen MR) is 126 cm³/mol. The topological polar surface area (TPSA) is 66.6 Å². The zero-order chi connectivity index (χ0) is 22.8. The van der Waals surface area contributed by atoms with Crippen LogP contribution in [0.15, 0.2) is 66.0 Å². The van der Waals surface area contributed by atoms with Gasteiger partial charge in [-0.3, -0.25) is 4.79 Å². The van der Waals surface area contributed by atoms with Crippen molar-refractivity contribution in [1.29, 1.82) is 0 Å². The molecule has 162 valence electrons. The maximum Gasteiger partial charge on any atom is 0.273 e. The molecular weight excluding hydrogens is 386 g/mol. The van der Waals surface area contributed by atoms with E-state index in [9.17, 15) is 9.90 Å². The van der Waals surface area contributed by atoms with Crippen LogP contribution in [0.2, 0.25) is 0 Å². The molecule has 1 heterocycles. The number of phenols is 1. The number of carbonyl (C=O) groups excluding carboxylic acids is 1.